The maximum Gasteiger partial charge on any atom is 0.252 e. The van der Waals surface area contributed by atoms with Crippen LogP contribution in [0.15, 0.2) is 35.1 Å². The summed E-state index contributed by atoms with van der Waals surface area (Å²) in [6.07, 6.45) is 2.58. The zero-order valence-electron chi connectivity index (χ0n) is 14.6. The molecular weight excluding hydrogens is 330 g/mol. The van der Waals surface area contributed by atoms with Crippen LogP contribution in [0.5, 0.6) is 0 Å². The summed E-state index contributed by atoms with van der Waals surface area (Å²) in [4.78, 5) is 32.6. The fourth-order valence-corrected chi connectivity index (χ4v) is 3.85. The normalized spacial score (nSPS) is 22.3. The summed E-state index contributed by atoms with van der Waals surface area (Å²) in [6, 6.07) is 10.0. The molecule has 2 aliphatic rings. The van der Waals surface area contributed by atoms with E-state index in [1.54, 1.807) is 0 Å². The molecule has 0 saturated heterocycles. The van der Waals surface area contributed by atoms with Gasteiger partial charge in [-0.3, -0.25) is 19.5 Å². The van der Waals surface area contributed by atoms with Crippen LogP contribution in [-0.4, -0.2) is 39.9 Å². The van der Waals surface area contributed by atoms with E-state index >= 15 is 0 Å². The first-order valence-corrected chi connectivity index (χ1v) is 9.02. The molecule has 0 radical (unpaired) electrons. The molecule has 136 valence electrons. The van der Waals surface area contributed by atoms with Crippen LogP contribution < -0.4 is 16.6 Å². The van der Waals surface area contributed by atoms with Crippen LogP contribution in [0.2, 0.25) is 0 Å². The lowest BCUT2D eigenvalue weighted by molar-refractivity contribution is -0.123. The van der Waals surface area contributed by atoms with Gasteiger partial charge in [-0.1, -0.05) is 24.3 Å². The molecule has 1 amide bonds. The predicted octanol–water partition coefficient (Wildman–Crippen LogP) is 0.773. The fourth-order valence-electron chi connectivity index (χ4n) is 3.85. The summed E-state index contributed by atoms with van der Waals surface area (Å²) >= 11 is 0. The van der Waals surface area contributed by atoms with Gasteiger partial charge in [0.2, 0.25) is 11.9 Å². The Morgan fingerprint density at radius 3 is 2.85 bits per heavy atom. The monoisotopic (exact) mass is 353 g/mol. The number of nitrogens with zero attached hydrogens (tertiary/aromatic N) is 2. The van der Waals surface area contributed by atoms with Crippen molar-refractivity contribution in [3.05, 3.63) is 57.5 Å². The first kappa shape index (κ1) is 16.8. The number of rotatable bonds is 4. The number of benzene rings is 1. The number of nitrogens with two attached hydrogens (primary N) is 1. The van der Waals surface area contributed by atoms with E-state index in [2.05, 4.69) is 38.4 Å². The number of hydrogen-bond acceptors (Lipinski definition) is 5. The highest BCUT2D eigenvalue weighted by molar-refractivity contribution is 5.78. The number of aromatic nitrogens is 2. The number of aromatic amines is 1. The van der Waals surface area contributed by atoms with E-state index in [-0.39, 0.29) is 29.4 Å². The average molecular weight is 353 g/mol. The molecule has 1 fully saturated rings. The van der Waals surface area contributed by atoms with Gasteiger partial charge in [0.25, 0.3) is 5.56 Å². The number of H-pyrrole nitrogens is 1. The molecule has 1 aromatic carbocycles. The van der Waals surface area contributed by atoms with Crippen molar-refractivity contribution in [2.24, 2.45) is 0 Å². The highest BCUT2D eigenvalue weighted by atomic mass is 16.2. The van der Waals surface area contributed by atoms with Crippen LogP contribution in [0.1, 0.15) is 35.6 Å². The quantitative estimate of drug-likeness (QED) is 0.753. The van der Waals surface area contributed by atoms with Gasteiger partial charge in [-0.15, -0.1) is 0 Å². The molecule has 0 bridgehead atoms. The molecule has 1 aliphatic heterocycles. The molecule has 2 heterocycles. The molecule has 7 nitrogen and oxygen atoms in total. The van der Waals surface area contributed by atoms with Gasteiger partial charge in [0.15, 0.2) is 0 Å². The number of fused-ring (bicyclic) bond motifs is 1. The Bertz CT molecular complexity index is 872. The molecule has 1 saturated carbocycles. The van der Waals surface area contributed by atoms with Gasteiger partial charge < -0.3 is 11.1 Å². The van der Waals surface area contributed by atoms with Crippen LogP contribution in [0.3, 0.4) is 0 Å². The summed E-state index contributed by atoms with van der Waals surface area (Å²) < 4.78 is 0. The van der Waals surface area contributed by atoms with Crippen molar-refractivity contribution in [3.63, 3.8) is 0 Å². The van der Waals surface area contributed by atoms with Crippen LogP contribution >= 0.6 is 0 Å². The van der Waals surface area contributed by atoms with E-state index < -0.39 is 0 Å². The van der Waals surface area contributed by atoms with Crippen molar-refractivity contribution in [2.75, 3.05) is 18.8 Å². The zero-order valence-corrected chi connectivity index (χ0v) is 14.6. The number of anilines is 1. The van der Waals surface area contributed by atoms with Crippen molar-refractivity contribution in [2.45, 2.75) is 37.8 Å². The summed E-state index contributed by atoms with van der Waals surface area (Å²) in [5.41, 5.74) is 8.77. The van der Waals surface area contributed by atoms with Crippen LogP contribution in [0.4, 0.5) is 5.95 Å². The molecule has 26 heavy (non-hydrogen) atoms. The van der Waals surface area contributed by atoms with Crippen molar-refractivity contribution in [1.29, 1.82) is 0 Å². The van der Waals surface area contributed by atoms with Crippen molar-refractivity contribution in [3.8, 4) is 0 Å². The van der Waals surface area contributed by atoms with E-state index in [1.165, 1.54) is 17.2 Å². The van der Waals surface area contributed by atoms with Crippen LogP contribution in [0, 0.1) is 0 Å². The Labute approximate surface area is 151 Å². The second-order valence-corrected chi connectivity index (χ2v) is 7.22. The Balaban J connectivity index is 1.26. The predicted molar refractivity (Wildman–Crippen MR) is 98.6 cm³/mol. The molecule has 0 unspecified atom stereocenters. The molecular formula is C19H23N5O2. The first-order chi connectivity index (χ1) is 12.6. The topological polar surface area (TPSA) is 104 Å². The van der Waals surface area contributed by atoms with Crippen molar-refractivity contribution >= 4 is 11.9 Å². The van der Waals surface area contributed by atoms with E-state index in [1.807, 2.05) is 6.07 Å². The number of nitrogen functional groups attached to an aromatic ring is 1. The third kappa shape index (κ3) is 3.62. The Morgan fingerprint density at radius 2 is 2.08 bits per heavy atom. The fraction of sp³-hybridized carbons (Fsp3) is 0.421. The van der Waals surface area contributed by atoms with Gasteiger partial charge in [-0.05, 0) is 30.4 Å². The number of carbonyl (C=O) groups excluding carboxylic acids is 1. The van der Waals surface area contributed by atoms with Gasteiger partial charge in [0.1, 0.15) is 0 Å². The van der Waals surface area contributed by atoms with E-state index in [9.17, 15) is 9.59 Å². The van der Waals surface area contributed by atoms with E-state index in [0.717, 1.165) is 32.4 Å². The Morgan fingerprint density at radius 1 is 1.31 bits per heavy atom. The summed E-state index contributed by atoms with van der Waals surface area (Å²) in [7, 11) is 0. The Hall–Kier alpha value is -2.67. The number of nitrogens with one attached hydrogen (secondary N) is 2. The maximum absolute atomic E-state index is 12.3. The second kappa shape index (κ2) is 6.92. The summed E-state index contributed by atoms with van der Waals surface area (Å²) in [5, 5.41) is 3.09. The lowest BCUT2D eigenvalue weighted by atomic mass is 9.78. The van der Waals surface area contributed by atoms with Gasteiger partial charge in [0.05, 0.1) is 12.2 Å². The van der Waals surface area contributed by atoms with Crippen LogP contribution in [0.25, 0.3) is 0 Å². The largest absolute Gasteiger partial charge is 0.369 e. The Kier molecular flexibility index (Phi) is 4.46. The first-order valence-electron chi connectivity index (χ1n) is 9.02. The van der Waals surface area contributed by atoms with Gasteiger partial charge in [0, 0.05) is 31.1 Å². The minimum Gasteiger partial charge on any atom is -0.369 e. The minimum absolute atomic E-state index is 0.0613. The van der Waals surface area contributed by atoms with Crippen LogP contribution in [-0.2, 0) is 17.8 Å². The standard InChI is InChI=1S/C19H23N5O2/c20-19-22-16(9-17(25)23-19)14-7-15(8-14)21-18(26)11-24-6-5-12-3-1-2-4-13(12)10-24/h1-4,9,14-15H,5-8,10-11H2,(H,21,26)(H3,20,22,23,25). The van der Waals surface area contributed by atoms with E-state index in [4.69, 9.17) is 5.73 Å². The lowest BCUT2D eigenvalue weighted by Crippen LogP contribution is -2.48. The highest BCUT2D eigenvalue weighted by Crippen LogP contribution is 2.35. The molecule has 1 aliphatic carbocycles. The van der Waals surface area contributed by atoms with Gasteiger partial charge in [-0.2, -0.15) is 0 Å². The van der Waals surface area contributed by atoms with Crippen molar-refractivity contribution < 1.29 is 4.79 Å². The number of hydrogen-bond donors (Lipinski definition) is 3. The second-order valence-electron chi connectivity index (χ2n) is 7.22. The van der Waals surface area contributed by atoms with Gasteiger partial charge >= 0.3 is 0 Å². The summed E-state index contributed by atoms with van der Waals surface area (Å²) in [6.45, 7) is 2.16. The molecule has 4 rings (SSSR count). The lowest BCUT2D eigenvalue weighted by Gasteiger charge is -2.36. The molecule has 2 aromatic rings. The molecule has 0 atom stereocenters. The average Bonchev–Trinajstić information content (AvgIpc) is 2.56. The molecule has 7 heteroatoms. The summed E-state index contributed by atoms with van der Waals surface area (Å²) in [5.74, 6) is 0.392. The van der Waals surface area contributed by atoms with Gasteiger partial charge in [-0.25, -0.2) is 4.98 Å². The number of carbonyl (C=O) groups is 1. The molecule has 1 aromatic heterocycles. The SMILES string of the molecule is Nc1nc(C2CC(NC(=O)CN3CCc4ccccc4C3)C2)cc(=O)[nH]1. The smallest absolute Gasteiger partial charge is 0.252 e. The molecule has 4 N–H and O–H groups in total. The maximum atomic E-state index is 12.3. The zero-order chi connectivity index (χ0) is 18.1. The minimum atomic E-state index is -0.231. The van der Waals surface area contributed by atoms with E-state index in [0.29, 0.717) is 12.2 Å². The number of amides is 1. The van der Waals surface area contributed by atoms with Crippen molar-refractivity contribution in [1.82, 2.24) is 20.2 Å². The highest BCUT2D eigenvalue weighted by Gasteiger charge is 2.33. The third-order valence-electron chi connectivity index (χ3n) is 5.28. The molecule has 0 spiro atoms. The third-order valence-corrected chi connectivity index (χ3v) is 5.28.